The maximum absolute atomic E-state index is 6.38. The Labute approximate surface area is 120 Å². The second-order valence-electron chi connectivity index (χ2n) is 5.34. The summed E-state index contributed by atoms with van der Waals surface area (Å²) in [6.45, 7) is 6.36. The Morgan fingerprint density at radius 1 is 1.22 bits per heavy atom. The molecule has 3 heteroatoms. The molecule has 0 radical (unpaired) electrons. The topological polar surface area (TPSA) is 12.0 Å². The molecular weight excluding hydrogens is 265 g/mol. The smallest absolute Gasteiger partial charge is 0.0459 e. The molecular formula is C15H21Cl2N. The highest BCUT2D eigenvalue weighted by molar-refractivity contribution is 6.36. The highest BCUT2D eigenvalue weighted by Gasteiger charge is 2.46. The van der Waals surface area contributed by atoms with E-state index in [1.165, 1.54) is 19.3 Å². The Kier molecular flexibility index (Phi) is 4.58. The normalized spacial score (nSPS) is 27.0. The summed E-state index contributed by atoms with van der Waals surface area (Å²) in [4.78, 5) is 0. The van der Waals surface area contributed by atoms with Crippen LogP contribution in [-0.4, -0.2) is 13.1 Å². The van der Waals surface area contributed by atoms with Gasteiger partial charge >= 0.3 is 0 Å². The van der Waals surface area contributed by atoms with Gasteiger partial charge in [-0.25, -0.2) is 0 Å². The molecule has 1 aromatic carbocycles. The van der Waals surface area contributed by atoms with Crippen molar-refractivity contribution in [3.63, 3.8) is 0 Å². The van der Waals surface area contributed by atoms with Crippen LogP contribution in [0.3, 0.4) is 0 Å². The fraction of sp³-hybridized carbons (Fsp3) is 0.600. The van der Waals surface area contributed by atoms with E-state index in [4.69, 9.17) is 23.2 Å². The van der Waals surface area contributed by atoms with E-state index in [9.17, 15) is 0 Å². The van der Waals surface area contributed by atoms with Crippen LogP contribution in [0, 0.1) is 5.92 Å². The summed E-state index contributed by atoms with van der Waals surface area (Å²) < 4.78 is 0. The molecule has 1 N–H and O–H groups in total. The van der Waals surface area contributed by atoms with Crippen LogP contribution in [0.25, 0.3) is 0 Å². The van der Waals surface area contributed by atoms with E-state index in [0.29, 0.717) is 0 Å². The first-order chi connectivity index (χ1) is 8.63. The lowest BCUT2D eigenvalue weighted by Crippen LogP contribution is -2.48. The largest absolute Gasteiger partial charge is 0.316 e. The zero-order chi connectivity index (χ0) is 13.2. The van der Waals surface area contributed by atoms with Crippen LogP contribution in [0.2, 0.25) is 10.0 Å². The molecule has 1 aromatic rings. The summed E-state index contributed by atoms with van der Waals surface area (Å²) in [6.07, 6.45) is 3.63. The van der Waals surface area contributed by atoms with Crippen molar-refractivity contribution < 1.29 is 0 Å². The summed E-state index contributed by atoms with van der Waals surface area (Å²) in [6, 6.07) is 5.83. The SMILES string of the molecule is CCNCC1(c2c(Cl)cccc2Cl)CC(CC)C1. The molecule has 0 amide bonds. The monoisotopic (exact) mass is 285 g/mol. The predicted molar refractivity (Wildman–Crippen MR) is 79.7 cm³/mol. The number of benzene rings is 1. The van der Waals surface area contributed by atoms with Crippen molar-refractivity contribution in [2.24, 2.45) is 5.92 Å². The molecule has 0 atom stereocenters. The molecule has 100 valence electrons. The van der Waals surface area contributed by atoms with Crippen molar-refractivity contribution in [3.05, 3.63) is 33.8 Å². The van der Waals surface area contributed by atoms with Gasteiger partial charge in [0.1, 0.15) is 0 Å². The van der Waals surface area contributed by atoms with Crippen LogP contribution in [0.4, 0.5) is 0 Å². The minimum atomic E-state index is 0.145. The second kappa shape index (κ2) is 5.81. The second-order valence-corrected chi connectivity index (χ2v) is 6.15. The van der Waals surface area contributed by atoms with Gasteiger partial charge in [0, 0.05) is 22.0 Å². The molecule has 1 aliphatic rings. The molecule has 0 heterocycles. The van der Waals surface area contributed by atoms with Gasteiger partial charge in [-0.15, -0.1) is 0 Å². The van der Waals surface area contributed by atoms with E-state index < -0.39 is 0 Å². The molecule has 2 rings (SSSR count). The molecule has 1 nitrogen and oxygen atoms in total. The Balaban J connectivity index is 2.30. The fourth-order valence-corrected chi connectivity index (χ4v) is 3.94. The van der Waals surface area contributed by atoms with Crippen molar-refractivity contribution in [1.29, 1.82) is 0 Å². The standard InChI is InChI=1S/C15H21Cl2N/c1-3-11-8-15(9-11,10-18-4-2)14-12(16)6-5-7-13(14)17/h5-7,11,18H,3-4,8-10H2,1-2H3. The summed E-state index contributed by atoms with van der Waals surface area (Å²) >= 11 is 12.8. The molecule has 0 spiro atoms. The molecule has 0 bridgehead atoms. The van der Waals surface area contributed by atoms with Gasteiger partial charge in [0.25, 0.3) is 0 Å². The maximum atomic E-state index is 6.38. The number of hydrogen-bond acceptors (Lipinski definition) is 1. The first-order valence-electron chi connectivity index (χ1n) is 6.78. The molecule has 18 heavy (non-hydrogen) atoms. The number of hydrogen-bond donors (Lipinski definition) is 1. The van der Waals surface area contributed by atoms with Gasteiger partial charge in [0.15, 0.2) is 0 Å². The third-order valence-corrected chi connectivity index (χ3v) is 4.77. The first-order valence-corrected chi connectivity index (χ1v) is 7.53. The van der Waals surface area contributed by atoms with Crippen LogP contribution < -0.4 is 5.32 Å². The van der Waals surface area contributed by atoms with E-state index >= 15 is 0 Å². The Morgan fingerprint density at radius 2 is 1.83 bits per heavy atom. The van der Waals surface area contributed by atoms with Gasteiger partial charge < -0.3 is 5.32 Å². The lowest BCUT2D eigenvalue weighted by Gasteiger charge is -2.49. The van der Waals surface area contributed by atoms with Crippen molar-refractivity contribution >= 4 is 23.2 Å². The van der Waals surface area contributed by atoms with Gasteiger partial charge in [0.2, 0.25) is 0 Å². The molecule has 0 aromatic heterocycles. The highest BCUT2D eigenvalue weighted by Crippen LogP contribution is 2.52. The van der Waals surface area contributed by atoms with Gasteiger partial charge in [-0.2, -0.15) is 0 Å². The molecule has 0 aliphatic heterocycles. The molecule has 1 fully saturated rings. The van der Waals surface area contributed by atoms with Crippen LogP contribution in [0.15, 0.2) is 18.2 Å². The van der Waals surface area contributed by atoms with Gasteiger partial charge in [-0.3, -0.25) is 0 Å². The quantitative estimate of drug-likeness (QED) is 0.830. The fourth-order valence-electron chi connectivity index (χ4n) is 3.14. The predicted octanol–water partition coefficient (Wildman–Crippen LogP) is 4.66. The van der Waals surface area contributed by atoms with Crippen LogP contribution >= 0.6 is 23.2 Å². The lowest BCUT2D eigenvalue weighted by atomic mass is 9.58. The first kappa shape index (κ1) is 14.2. The number of halogens is 2. The van der Waals surface area contributed by atoms with E-state index in [2.05, 4.69) is 19.2 Å². The van der Waals surface area contributed by atoms with Crippen LogP contribution in [0.5, 0.6) is 0 Å². The summed E-state index contributed by atoms with van der Waals surface area (Å²) in [5.41, 5.74) is 1.30. The van der Waals surface area contributed by atoms with E-state index in [1.807, 2.05) is 18.2 Å². The zero-order valence-corrected chi connectivity index (χ0v) is 12.6. The zero-order valence-electron chi connectivity index (χ0n) is 11.1. The molecule has 0 saturated heterocycles. The summed E-state index contributed by atoms with van der Waals surface area (Å²) in [5, 5.41) is 5.10. The number of nitrogens with one attached hydrogen (secondary N) is 1. The van der Waals surface area contributed by atoms with Gasteiger partial charge in [-0.1, -0.05) is 49.5 Å². The maximum Gasteiger partial charge on any atom is 0.0459 e. The average molecular weight is 286 g/mol. The van der Waals surface area contributed by atoms with E-state index in [-0.39, 0.29) is 5.41 Å². The van der Waals surface area contributed by atoms with Crippen molar-refractivity contribution in [2.75, 3.05) is 13.1 Å². The lowest BCUT2D eigenvalue weighted by molar-refractivity contribution is 0.135. The van der Waals surface area contributed by atoms with Crippen molar-refractivity contribution in [2.45, 2.75) is 38.5 Å². The van der Waals surface area contributed by atoms with Crippen molar-refractivity contribution in [3.8, 4) is 0 Å². The molecule has 1 saturated carbocycles. The molecule has 1 aliphatic carbocycles. The van der Waals surface area contributed by atoms with Crippen LogP contribution in [0.1, 0.15) is 38.7 Å². The van der Waals surface area contributed by atoms with Gasteiger partial charge in [-0.05, 0) is 43.0 Å². The van der Waals surface area contributed by atoms with E-state index in [1.54, 1.807) is 0 Å². The van der Waals surface area contributed by atoms with Gasteiger partial charge in [0.05, 0.1) is 0 Å². The summed E-state index contributed by atoms with van der Waals surface area (Å²) in [7, 11) is 0. The third-order valence-electron chi connectivity index (χ3n) is 4.14. The Morgan fingerprint density at radius 3 is 2.33 bits per heavy atom. The Hall–Kier alpha value is -0.240. The Bertz CT molecular complexity index is 385. The van der Waals surface area contributed by atoms with Crippen LogP contribution in [-0.2, 0) is 5.41 Å². The third kappa shape index (κ3) is 2.54. The minimum Gasteiger partial charge on any atom is -0.316 e. The minimum absolute atomic E-state index is 0.145. The van der Waals surface area contributed by atoms with E-state index in [0.717, 1.165) is 34.6 Å². The molecule has 0 unspecified atom stereocenters. The summed E-state index contributed by atoms with van der Waals surface area (Å²) in [5.74, 6) is 0.816. The average Bonchev–Trinajstić information content (AvgIpc) is 2.30. The number of rotatable bonds is 5. The highest BCUT2D eigenvalue weighted by atomic mass is 35.5. The number of likely N-dealkylation sites (N-methyl/N-ethyl adjacent to an activating group) is 1. The van der Waals surface area contributed by atoms with Crippen molar-refractivity contribution in [1.82, 2.24) is 5.32 Å².